The number of ether oxygens (including phenoxy) is 1. The Morgan fingerprint density at radius 3 is 2.67 bits per heavy atom. The highest BCUT2D eigenvalue weighted by atomic mass is 16.5. The average molecular weight is 258 g/mol. The van der Waals surface area contributed by atoms with Crippen molar-refractivity contribution >= 4 is 11.9 Å². The minimum absolute atomic E-state index is 0.104. The van der Waals surface area contributed by atoms with Gasteiger partial charge in [-0.2, -0.15) is 0 Å². The number of carbonyl (C=O) groups excluding carboxylic acids is 1. The maximum atomic E-state index is 11.9. The third kappa shape index (κ3) is 3.20. The molecule has 0 bridgehead atoms. The molecule has 0 radical (unpaired) electrons. The lowest BCUT2D eigenvalue weighted by Gasteiger charge is -2.26. The van der Waals surface area contributed by atoms with Gasteiger partial charge in [-0.25, -0.2) is 0 Å². The van der Waals surface area contributed by atoms with E-state index in [-0.39, 0.29) is 19.1 Å². The van der Waals surface area contributed by atoms with Crippen LogP contribution in [0.1, 0.15) is 27.2 Å². The molecule has 6 heteroatoms. The van der Waals surface area contributed by atoms with E-state index in [4.69, 9.17) is 10.5 Å². The van der Waals surface area contributed by atoms with Crippen LogP contribution in [0.3, 0.4) is 0 Å². The summed E-state index contributed by atoms with van der Waals surface area (Å²) in [5.41, 5.74) is 4.68. The van der Waals surface area contributed by atoms with Crippen LogP contribution in [0.25, 0.3) is 0 Å². The minimum Gasteiger partial charge on any atom is -0.481 e. The van der Waals surface area contributed by atoms with E-state index < -0.39 is 23.5 Å². The van der Waals surface area contributed by atoms with Gasteiger partial charge in [0.05, 0.1) is 25.3 Å². The first-order valence-corrected chi connectivity index (χ1v) is 6.14. The highest BCUT2D eigenvalue weighted by Crippen LogP contribution is 2.28. The third-order valence-electron chi connectivity index (χ3n) is 3.32. The van der Waals surface area contributed by atoms with Crippen molar-refractivity contribution in [1.29, 1.82) is 0 Å². The van der Waals surface area contributed by atoms with Crippen LogP contribution in [0.4, 0.5) is 0 Å². The summed E-state index contributed by atoms with van der Waals surface area (Å²) in [6.07, 6.45) is 0.573. The lowest BCUT2D eigenvalue weighted by molar-refractivity contribution is -0.149. The molecule has 0 saturated carbocycles. The van der Waals surface area contributed by atoms with Crippen molar-refractivity contribution in [3.63, 3.8) is 0 Å². The number of nitrogens with one attached hydrogen (secondary N) is 1. The zero-order chi connectivity index (χ0) is 13.9. The Morgan fingerprint density at radius 2 is 2.17 bits per heavy atom. The fraction of sp³-hybridized carbons (Fsp3) is 0.833. The van der Waals surface area contributed by atoms with Crippen molar-refractivity contribution in [3.8, 4) is 0 Å². The number of hydrogen-bond donors (Lipinski definition) is 3. The number of carboxylic acid groups (broad SMARTS) is 1. The predicted molar refractivity (Wildman–Crippen MR) is 65.9 cm³/mol. The first-order chi connectivity index (χ1) is 8.27. The first kappa shape index (κ1) is 14.9. The number of amides is 1. The monoisotopic (exact) mass is 258 g/mol. The maximum Gasteiger partial charge on any atom is 0.313 e. The molecular formula is C12H22N2O4. The van der Waals surface area contributed by atoms with Crippen molar-refractivity contribution in [3.05, 3.63) is 0 Å². The molecule has 104 valence electrons. The van der Waals surface area contributed by atoms with Gasteiger partial charge in [0.1, 0.15) is 5.41 Å². The van der Waals surface area contributed by atoms with E-state index in [2.05, 4.69) is 5.32 Å². The number of carbonyl (C=O) groups is 2. The van der Waals surface area contributed by atoms with Crippen LogP contribution in [0.2, 0.25) is 0 Å². The minimum atomic E-state index is -1.08. The van der Waals surface area contributed by atoms with Crippen LogP contribution < -0.4 is 11.1 Å². The summed E-state index contributed by atoms with van der Waals surface area (Å²) >= 11 is 0. The van der Waals surface area contributed by atoms with Crippen molar-refractivity contribution in [2.24, 2.45) is 17.1 Å². The molecule has 0 aromatic heterocycles. The van der Waals surface area contributed by atoms with Gasteiger partial charge >= 0.3 is 5.97 Å². The summed E-state index contributed by atoms with van der Waals surface area (Å²) in [4.78, 5) is 23.1. The van der Waals surface area contributed by atoms with Crippen molar-refractivity contribution in [2.75, 3.05) is 13.2 Å². The van der Waals surface area contributed by atoms with E-state index in [1.165, 1.54) is 0 Å². The number of hydrogen-bond acceptors (Lipinski definition) is 4. The molecule has 4 N–H and O–H groups in total. The highest BCUT2D eigenvalue weighted by Gasteiger charge is 2.47. The van der Waals surface area contributed by atoms with Gasteiger partial charge in [0.25, 0.3) is 0 Å². The number of aliphatic carboxylic acids is 1. The van der Waals surface area contributed by atoms with Gasteiger partial charge < -0.3 is 20.9 Å². The summed E-state index contributed by atoms with van der Waals surface area (Å²) in [6, 6.07) is -1.13. The van der Waals surface area contributed by atoms with E-state index in [1.807, 2.05) is 13.8 Å². The molecule has 1 aliphatic rings. The van der Waals surface area contributed by atoms with Crippen molar-refractivity contribution in [1.82, 2.24) is 5.32 Å². The Hall–Kier alpha value is -1.14. The standard InChI is InChI=1S/C12H22N2O4/c1-7(2)4-8(13)10(15)14-9-5-18-6-12(9,3)11(16)17/h7-9H,4-6,13H2,1-3H3,(H,14,15)(H,16,17)/t8-,9?,12?/m1/s1. The van der Waals surface area contributed by atoms with Crippen LogP contribution in [-0.2, 0) is 14.3 Å². The normalized spacial score (nSPS) is 29.3. The van der Waals surface area contributed by atoms with Gasteiger partial charge in [-0.3, -0.25) is 9.59 Å². The van der Waals surface area contributed by atoms with Gasteiger partial charge in [0.15, 0.2) is 0 Å². The second kappa shape index (κ2) is 5.67. The van der Waals surface area contributed by atoms with Gasteiger partial charge in [0, 0.05) is 0 Å². The summed E-state index contributed by atoms with van der Waals surface area (Å²) < 4.78 is 5.16. The summed E-state index contributed by atoms with van der Waals surface area (Å²) in [5, 5.41) is 11.9. The lowest BCUT2D eigenvalue weighted by atomic mass is 9.85. The van der Waals surface area contributed by atoms with Gasteiger partial charge in [-0.1, -0.05) is 13.8 Å². The molecular weight excluding hydrogens is 236 g/mol. The van der Waals surface area contributed by atoms with Gasteiger partial charge in [0.2, 0.25) is 5.91 Å². The Labute approximate surface area is 107 Å². The molecule has 3 atom stereocenters. The molecule has 1 saturated heterocycles. The Balaban J connectivity index is 2.61. The second-order valence-corrected chi connectivity index (χ2v) is 5.53. The number of rotatable bonds is 5. The SMILES string of the molecule is CC(C)C[C@@H](N)C(=O)NC1COCC1(C)C(=O)O. The smallest absolute Gasteiger partial charge is 0.313 e. The molecule has 1 amide bonds. The van der Waals surface area contributed by atoms with Gasteiger partial charge in [-0.15, -0.1) is 0 Å². The van der Waals surface area contributed by atoms with Crippen molar-refractivity contribution < 1.29 is 19.4 Å². The zero-order valence-electron chi connectivity index (χ0n) is 11.1. The second-order valence-electron chi connectivity index (χ2n) is 5.53. The molecule has 1 rings (SSSR count). The quantitative estimate of drug-likeness (QED) is 0.642. The summed E-state index contributed by atoms with van der Waals surface area (Å²) in [7, 11) is 0. The van der Waals surface area contributed by atoms with Crippen molar-refractivity contribution in [2.45, 2.75) is 39.3 Å². The fourth-order valence-corrected chi connectivity index (χ4v) is 1.98. The average Bonchev–Trinajstić information content (AvgIpc) is 2.60. The topological polar surface area (TPSA) is 102 Å². The zero-order valence-corrected chi connectivity index (χ0v) is 11.1. The Morgan fingerprint density at radius 1 is 1.56 bits per heavy atom. The fourth-order valence-electron chi connectivity index (χ4n) is 1.98. The maximum absolute atomic E-state index is 11.9. The van der Waals surface area contributed by atoms with Crippen LogP contribution in [0.15, 0.2) is 0 Å². The molecule has 1 heterocycles. The summed E-state index contributed by atoms with van der Waals surface area (Å²) in [5.74, 6) is -0.967. The third-order valence-corrected chi connectivity index (χ3v) is 3.32. The molecule has 0 aliphatic carbocycles. The van der Waals surface area contributed by atoms with Crippen LogP contribution in [0, 0.1) is 11.3 Å². The predicted octanol–water partition coefficient (Wildman–Crippen LogP) is -0.0343. The van der Waals surface area contributed by atoms with Gasteiger partial charge in [-0.05, 0) is 19.3 Å². The van der Waals surface area contributed by atoms with E-state index in [9.17, 15) is 14.7 Å². The first-order valence-electron chi connectivity index (χ1n) is 6.14. The summed E-state index contributed by atoms with van der Waals surface area (Å²) in [6.45, 7) is 5.84. The van der Waals surface area contributed by atoms with E-state index in [0.717, 1.165) is 0 Å². The van der Waals surface area contributed by atoms with E-state index in [1.54, 1.807) is 6.92 Å². The molecule has 0 aromatic carbocycles. The molecule has 18 heavy (non-hydrogen) atoms. The molecule has 1 aliphatic heterocycles. The Kier molecular flexibility index (Phi) is 4.70. The van der Waals surface area contributed by atoms with Crippen LogP contribution in [-0.4, -0.2) is 42.3 Å². The van der Waals surface area contributed by atoms with Crippen LogP contribution >= 0.6 is 0 Å². The number of nitrogens with two attached hydrogens (primary N) is 1. The highest BCUT2D eigenvalue weighted by molar-refractivity contribution is 5.83. The van der Waals surface area contributed by atoms with E-state index >= 15 is 0 Å². The van der Waals surface area contributed by atoms with Crippen LogP contribution in [0.5, 0.6) is 0 Å². The molecule has 1 fully saturated rings. The molecule has 6 nitrogen and oxygen atoms in total. The molecule has 0 spiro atoms. The van der Waals surface area contributed by atoms with E-state index in [0.29, 0.717) is 12.3 Å². The number of carboxylic acids is 1. The largest absolute Gasteiger partial charge is 0.481 e. The Bertz CT molecular complexity index is 332. The molecule has 2 unspecified atom stereocenters. The lowest BCUT2D eigenvalue weighted by Crippen LogP contribution is -2.53. The molecule has 0 aromatic rings.